The van der Waals surface area contributed by atoms with Gasteiger partial charge in [-0.1, -0.05) is 29.8 Å². The monoisotopic (exact) mass is 488 g/mol. The summed E-state index contributed by atoms with van der Waals surface area (Å²) < 4.78 is 30.8. The number of aromatic nitrogens is 1. The zero-order valence-electron chi connectivity index (χ0n) is 19.0. The van der Waals surface area contributed by atoms with E-state index in [2.05, 4.69) is 18.2 Å². The van der Waals surface area contributed by atoms with Crippen LogP contribution < -0.4 is 0 Å². The average Bonchev–Trinajstić information content (AvgIpc) is 2.91. The van der Waals surface area contributed by atoms with Crippen LogP contribution in [0.5, 0.6) is 0 Å². The van der Waals surface area contributed by atoms with Gasteiger partial charge in [-0.05, 0) is 72.6 Å². The standard InChI is InChI=1S/C25H29ClN2O4S/c1-3-32-23(29)9-6-18-15-19-16-20(26)7-8-21(19)24(25-22(18)5-4-12-27-25)17-10-13-28(14-11-17)33(2,30)31/h4-5,7-8,12,15-17,24H,3,6,9-11,13-14H2,1-2H3. The molecule has 0 amide bonds. The third-order valence-corrected chi connectivity index (χ3v) is 8.07. The molecule has 6 nitrogen and oxygen atoms in total. The molecule has 2 heterocycles. The molecule has 1 aromatic heterocycles. The van der Waals surface area contributed by atoms with E-state index in [9.17, 15) is 13.2 Å². The molecule has 0 N–H and O–H groups in total. The van der Waals surface area contributed by atoms with Crippen molar-refractivity contribution >= 4 is 39.2 Å². The first kappa shape index (κ1) is 23.9. The van der Waals surface area contributed by atoms with Gasteiger partial charge < -0.3 is 4.74 Å². The minimum absolute atomic E-state index is 0.0199. The second kappa shape index (κ2) is 9.95. The van der Waals surface area contributed by atoms with Crippen LogP contribution in [0.15, 0.2) is 36.5 Å². The van der Waals surface area contributed by atoms with Gasteiger partial charge in [0.2, 0.25) is 10.0 Å². The Hall–Kier alpha value is -2.22. The third kappa shape index (κ3) is 5.31. The fraction of sp³-hybridized carbons (Fsp3) is 0.440. The van der Waals surface area contributed by atoms with E-state index in [1.165, 1.54) is 6.26 Å². The predicted octanol–water partition coefficient (Wildman–Crippen LogP) is 4.74. The lowest BCUT2D eigenvalue weighted by Crippen LogP contribution is -2.39. The summed E-state index contributed by atoms with van der Waals surface area (Å²) in [6.45, 7) is 3.19. The number of carbonyl (C=O) groups is 1. The van der Waals surface area contributed by atoms with Crippen molar-refractivity contribution in [1.29, 1.82) is 0 Å². The van der Waals surface area contributed by atoms with Crippen molar-refractivity contribution < 1.29 is 17.9 Å². The quantitative estimate of drug-likeness (QED) is 0.549. The summed E-state index contributed by atoms with van der Waals surface area (Å²) in [6.07, 6.45) is 7.55. The molecule has 8 heteroatoms. The molecule has 4 rings (SSSR count). The Kier molecular flexibility index (Phi) is 7.22. The van der Waals surface area contributed by atoms with Gasteiger partial charge in [0.05, 0.1) is 18.6 Å². The van der Waals surface area contributed by atoms with Gasteiger partial charge >= 0.3 is 5.97 Å². The van der Waals surface area contributed by atoms with Gasteiger partial charge in [-0.3, -0.25) is 9.78 Å². The number of pyridine rings is 1. The molecule has 0 spiro atoms. The van der Waals surface area contributed by atoms with Gasteiger partial charge in [0.1, 0.15) is 0 Å². The van der Waals surface area contributed by atoms with Crippen LogP contribution in [0.3, 0.4) is 0 Å². The molecule has 2 aromatic rings. The van der Waals surface area contributed by atoms with Crippen LogP contribution in [0, 0.1) is 5.92 Å². The second-order valence-corrected chi connectivity index (χ2v) is 11.1. The number of benzene rings is 1. The predicted molar refractivity (Wildman–Crippen MR) is 130 cm³/mol. The minimum Gasteiger partial charge on any atom is -0.466 e. The molecule has 1 saturated heterocycles. The van der Waals surface area contributed by atoms with E-state index in [0.717, 1.165) is 40.8 Å². The number of carbonyl (C=O) groups excluding carboxylic acids is 1. The largest absolute Gasteiger partial charge is 0.466 e. The number of hydrogen-bond acceptors (Lipinski definition) is 5. The Morgan fingerprint density at radius 3 is 2.70 bits per heavy atom. The van der Waals surface area contributed by atoms with Crippen LogP contribution in [0.1, 0.15) is 60.9 Å². The Morgan fingerprint density at radius 2 is 2.00 bits per heavy atom. The molecule has 0 radical (unpaired) electrons. The second-order valence-electron chi connectivity index (χ2n) is 8.66. The summed E-state index contributed by atoms with van der Waals surface area (Å²) in [5.74, 6) is 0.0463. The molecule has 1 aliphatic heterocycles. The number of allylic oxidation sites excluding steroid dienone is 1. The lowest BCUT2D eigenvalue weighted by atomic mass is 9.76. The fourth-order valence-corrected chi connectivity index (χ4v) is 6.05. The van der Waals surface area contributed by atoms with Gasteiger partial charge in [-0.2, -0.15) is 0 Å². The van der Waals surface area contributed by atoms with Crippen molar-refractivity contribution in [2.45, 2.75) is 38.5 Å². The van der Waals surface area contributed by atoms with E-state index < -0.39 is 10.0 Å². The number of sulfonamides is 1. The molecular weight excluding hydrogens is 460 g/mol. The van der Waals surface area contributed by atoms with Crippen molar-refractivity contribution in [3.63, 3.8) is 0 Å². The summed E-state index contributed by atoms with van der Waals surface area (Å²) in [7, 11) is -3.20. The van der Waals surface area contributed by atoms with Crippen molar-refractivity contribution in [2.75, 3.05) is 26.0 Å². The van der Waals surface area contributed by atoms with Crippen LogP contribution in [0.2, 0.25) is 5.02 Å². The molecule has 1 atom stereocenters. The summed E-state index contributed by atoms with van der Waals surface area (Å²) in [5, 5.41) is 0.652. The highest BCUT2D eigenvalue weighted by atomic mass is 35.5. The SMILES string of the molecule is CCOC(=O)CCC1=Cc2cc(Cl)ccc2C(C2CCN(S(C)(=O)=O)CC2)c2ncccc21. The first-order valence-electron chi connectivity index (χ1n) is 11.3. The van der Waals surface area contributed by atoms with E-state index in [-0.39, 0.29) is 17.8 Å². The molecule has 1 aromatic carbocycles. The van der Waals surface area contributed by atoms with E-state index in [1.807, 2.05) is 18.2 Å². The van der Waals surface area contributed by atoms with E-state index in [0.29, 0.717) is 37.6 Å². The normalized spacial score (nSPS) is 19.2. The van der Waals surface area contributed by atoms with Crippen LogP contribution in [0.25, 0.3) is 11.6 Å². The number of nitrogens with zero attached hydrogens (tertiary/aromatic N) is 2. The number of ether oxygens (including phenoxy) is 1. The van der Waals surface area contributed by atoms with Crippen molar-refractivity contribution in [1.82, 2.24) is 9.29 Å². The lowest BCUT2D eigenvalue weighted by molar-refractivity contribution is -0.142. The van der Waals surface area contributed by atoms with Gasteiger partial charge in [0, 0.05) is 36.6 Å². The van der Waals surface area contributed by atoms with E-state index >= 15 is 0 Å². The van der Waals surface area contributed by atoms with Gasteiger partial charge in [-0.25, -0.2) is 12.7 Å². The maximum Gasteiger partial charge on any atom is 0.306 e. The average molecular weight is 489 g/mol. The molecule has 33 heavy (non-hydrogen) atoms. The van der Waals surface area contributed by atoms with E-state index in [4.69, 9.17) is 21.3 Å². The smallest absolute Gasteiger partial charge is 0.306 e. The zero-order valence-corrected chi connectivity index (χ0v) is 20.5. The molecule has 1 aliphatic carbocycles. The summed E-state index contributed by atoms with van der Waals surface area (Å²) >= 11 is 6.37. The van der Waals surface area contributed by atoms with Crippen molar-refractivity contribution in [2.24, 2.45) is 5.92 Å². The first-order valence-corrected chi connectivity index (χ1v) is 13.6. The molecular formula is C25H29ClN2O4S. The number of esters is 1. The van der Waals surface area contributed by atoms with Crippen LogP contribution >= 0.6 is 11.6 Å². The van der Waals surface area contributed by atoms with Gasteiger partial charge in [0.15, 0.2) is 0 Å². The zero-order chi connectivity index (χ0) is 23.6. The topological polar surface area (TPSA) is 76.6 Å². The number of rotatable bonds is 6. The summed E-state index contributed by atoms with van der Waals surface area (Å²) in [6, 6.07) is 9.91. The molecule has 2 aliphatic rings. The highest BCUT2D eigenvalue weighted by Gasteiger charge is 2.35. The lowest BCUT2D eigenvalue weighted by Gasteiger charge is -2.35. The Balaban J connectivity index is 1.74. The van der Waals surface area contributed by atoms with Gasteiger partial charge in [-0.15, -0.1) is 0 Å². The molecule has 176 valence electrons. The van der Waals surface area contributed by atoms with E-state index in [1.54, 1.807) is 17.4 Å². The maximum absolute atomic E-state index is 12.1. The Labute approximate surface area is 200 Å². The molecule has 1 fully saturated rings. The fourth-order valence-electron chi connectivity index (χ4n) is 5.00. The van der Waals surface area contributed by atoms with Gasteiger partial charge in [0.25, 0.3) is 0 Å². The number of hydrogen-bond donors (Lipinski definition) is 0. The van der Waals surface area contributed by atoms with Crippen LogP contribution in [-0.4, -0.2) is 49.6 Å². The highest BCUT2D eigenvalue weighted by Crippen LogP contribution is 2.45. The minimum atomic E-state index is -3.20. The van der Waals surface area contributed by atoms with Crippen LogP contribution in [0.4, 0.5) is 0 Å². The molecule has 0 bridgehead atoms. The number of fused-ring (bicyclic) bond motifs is 2. The third-order valence-electron chi connectivity index (χ3n) is 6.54. The number of piperidine rings is 1. The number of halogens is 1. The highest BCUT2D eigenvalue weighted by molar-refractivity contribution is 7.88. The van der Waals surface area contributed by atoms with Crippen molar-refractivity contribution in [3.05, 3.63) is 63.9 Å². The molecule has 1 unspecified atom stereocenters. The maximum atomic E-state index is 12.1. The Bertz CT molecular complexity index is 1170. The Morgan fingerprint density at radius 1 is 1.24 bits per heavy atom. The first-order chi connectivity index (χ1) is 15.8. The summed E-state index contributed by atoms with van der Waals surface area (Å²) in [4.78, 5) is 16.9. The van der Waals surface area contributed by atoms with Crippen molar-refractivity contribution in [3.8, 4) is 0 Å². The van der Waals surface area contributed by atoms with Crippen LogP contribution in [-0.2, 0) is 19.6 Å². The molecule has 0 saturated carbocycles. The summed E-state index contributed by atoms with van der Waals surface area (Å²) in [5.41, 5.74) is 5.21.